The highest BCUT2D eigenvalue weighted by molar-refractivity contribution is 14.0. The van der Waals surface area contributed by atoms with Crippen molar-refractivity contribution < 1.29 is 0 Å². The first-order valence-electron chi connectivity index (χ1n) is 8.20. The predicted molar refractivity (Wildman–Crippen MR) is 101 cm³/mol. The molecular weight excluding hydrogens is 391 g/mol. The molecule has 2 rings (SSSR count). The van der Waals surface area contributed by atoms with Crippen LogP contribution in [0.25, 0.3) is 0 Å². The minimum Gasteiger partial charge on any atom is -0.356 e. The molecule has 0 saturated heterocycles. The molecule has 126 valence electrons. The Morgan fingerprint density at radius 3 is 2.82 bits per heavy atom. The second-order valence-corrected chi connectivity index (χ2v) is 5.55. The van der Waals surface area contributed by atoms with Crippen LogP contribution in [0.3, 0.4) is 0 Å². The van der Waals surface area contributed by atoms with E-state index in [0.717, 1.165) is 37.1 Å². The molecule has 0 amide bonds. The summed E-state index contributed by atoms with van der Waals surface area (Å²) in [4.78, 5) is 4.25. The molecule has 6 nitrogen and oxygen atoms in total. The van der Waals surface area contributed by atoms with Crippen molar-refractivity contribution in [3.8, 4) is 0 Å². The number of rotatable bonds is 6. The van der Waals surface area contributed by atoms with Crippen LogP contribution in [0.15, 0.2) is 4.99 Å². The molecule has 0 radical (unpaired) electrons. The molecular formula is C15H29IN6. The smallest absolute Gasteiger partial charge is 0.191 e. The molecule has 0 bridgehead atoms. The number of nitrogens with one attached hydrogen (secondary N) is 2. The Morgan fingerprint density at radius 2 is 2.05 bits per heavy atom. The topological polar surface area (TPSA) is 67.1 Å². The summed E-state index contributed by atoms with van der Waals surface area (Å²) >= 11 is 0. The molecule has 1 aromatic rings. The highest BCUT2D eigenvalue weighted by atomic mass is 127. The normalized spacial score (nSPS) is 14.7. The Bertz CT molecular complexity index is 457. The van der Waals surface area contributed by atoms with Crippen molar-refractivity contribution in [2.75, 3.05) is 13.6 Å². The maximum absolute atomic E-state index is 4.32. The first-order valence-corrected chi connectivity index (χ1v) is 8.20. The minimum atomic E-state index is 0. The Morgan fingerprint density at radius 1 is 1.18 bits per heavy atom. The zero-order valence-corrected chi connectivity index (χ0v) is 16.1. The number of guanidine groups is 1. The molecule has 7 heteroatoms. The monoisotopic (exact) mass is 420 g/mol. The van der Waals surface area contributed by atoms with E-state index in [9.17, 15) is 0 Å². The zero-order chi connectivity index (χ0) is 14.9. The molecule has 2 N–H and O–H groups in total. The van der Waals surface area contributed by atoms with Gasteiger partial charge in [-0.3, -0.25) is 4.99 Å². The molecule has 0 atom stereocenters. The number of halogens is 1. The Kier molecular flexibility index (Phi) is 9.42. The second kappa shape index (κ2) is 10.8. The van der Waals surface area contributed by atoms with Crippen LogP contribution in [0.4, 0.5) is 0 Å². The molecule has 22 heavy (non-hydrogen) atoms. The molecule has 1 aromatic heterocycles. The van der Waals surface area contributed by atoms with E-state index in [0.29, 0.717) is 6.54 Å². The second-order valence-electron chi connectivity index (χ2n) is 5.55. The number of hydrogen-bond acceptors (Lipinski definition) is 3. The van der Waals surface area contributed by atoms with Gasteiger partial charge < -0.3 is 15.2 Å². The minimum absolute atomic E-state index is 0. The van der Waals surface area contributed by atoms with E-state index in [2.05, 4.69) is 37.3 Å². The summed E-state index contributed by atoms with van der Waals surface area (Å²) in [5.74, 6) is 3.00. The quantitative estimate of drug-likeness (QED) is 0.321. The number of fused-ring (bicyclic) bond motifs is 1. The van der Waals surface area contributed by atoms with Crippen molar-refractivity contribution in [2.24, 2.45) is 4.99 Å². The van der Waals surface area contributed by atoms with Crippen molar-refractivity contribution in [3.63, 3.8) is 0 Å². The Hall–Kier alpha value is -0.860. The van der Waals surface area contributed by atoms with Gasteiger partial charge in [-0.1, -0.05) is 26.2 Å². The van der Waals surface area contributed by atoms with Gasteiger partial charge in [0, 0.05) is 26.6 Å². The third-order valence-corrected chi connectivity index (χ3v) is 3.90. The molecule has 0 saturated carbocycles. The standard InChI is InChI=1S/C15H28N6.HI/c1-3-4-7-10-17-15(16-2)18-12-14-20-19-13-9-6-5-8-11-21(13)14;/h3-12H2,1-2H3,(H2,16,17,18);1H. The molecule has 0 aromatic carbocycles. The van der Waals surface area contributed by atoms with E-state index < -0.39 is 0 Å². The Labute approximate surface area is 150 Å². The predicted octanol–water partition coefficient (Wildman–Crippen LogP) is 2.48. The van der Waals surface area contributed by atoms with Crippen LogP contribution < -0.4 is 10.6 Å². The highest BCUT2D eigenvalue weighted by Gasteiger charge is 2.14. The lowest BCUT2D eigenvalue weighted by molar-refractivity contribution is 0.595. The summed E-state index contributed by atoms with van der Waals surface area (Å²) in [5.41, 5.74) is 0. The largest absolute Gasteiger partial charge is 0.356 e. The fraction of sp³-hybridized carbons (Fsp3) is 0.800. The van der Waals surface area contributed by atoms with Gasteiger partial charge in [-0.05, 0) is 19.3 Å². The van der Waals surface area contributed by atoms with Gasteiger partial charge in [0.1, 0.15) is 5.82 Å². The summed E-state index contributed by atoms with van der Waals surface area (Å²) in [5, 5.41) is 15.3. The molecule has 1 aliphatic heterocycles. The zero-order valence-electron chi connectivity index (χ0n) is 13.8. The van der Waals surface area contributed by atoms with Crippen molar-refractivity contribution in [2.45, 2.75) is 65.0 Å². The SMILES string of the molecule is CCCCCNC(=NC)NCc1nnc2n1CCCCC2.I. The summed E-state index contributed by atoms with van der Waals surface area (Å²) < 4.78 is 2.27. The van der Waals surface area contributed by atoms with E-state index in [4.69, 9.17) is 0 Å². The summed E-state index contributed by atoms with van der Waals surface area (Å²) in [6, 6.07) is 0. The maximum Gasteiger partial charge on any atom is 0.191 e. The number of aromatic nitrogens is 3. The van der Waals surface area contributed by atoms with Crippen LogP contribution in [0, 0.1) is 0 Å². The Balaban J connectivity index is 0.00000242. The average molecular weight is 420 g/mol. The average Bonchev–Trinajstić information content (AvgIpc) is 2.74. The number of aryl methyl sites for hydroxylation is 1. The van der Waals surface area contributed by atoms with E-state index in [1.807, 2.05) is 0 Å². The summed E-state index contributed by atoms with van der Waals surface area (Å²) in [6.45, 7) is 4.90. The van der Waals surface area contributed by atoms with Gasteiger partial charge in [0.25, 0.3) is 0 Å². The van der Waals surface area contributed by atoms with Gasteiger partial charge in [-0.25, -0.2) is 0 Å². The van der Waals surface area contributed by atoms with E-state index in [1.165, 1.54) is 38.5 Å². The van der Waals surface area contributed by atoms with Gasteiger partial charge in [-0.15, -0.1) is 34.2 Å². The van der Waals surface area contributed by atoms with Gasteiger partial charge >= 0.3 is 0 Å². The van der Waals surface area contributed by atoms with Gasteiger partial charge in [0.15, 0.2) is 11.8 Å². The third-order valence-electron chi connectivity index (χ3n) is 3.90. The van der Waals surface area contributed by atoms with Crippen molar-refractivity contribution in [1.82, 2.24) is 25.4 Å². The first kappa shape index (κ1) is 19.2. The molecule has 0 fully saturated rings. The van der Waals surface area contributed by atoms with E-state index >= 15 is 0 Å². The number of hydrogen-bond donors (Lipinski definition) is 2. The lowest BCUT2D eigenvalue weighted by atomic mass is 10.2. The molecule has 2 heterocycles. The molecule has 0 aliphatic carbocycles. The summed E-state index contributed by atoms with van der Waals surface area (Å²) in [7, 11) is 1.81. The van der Waals surface area contributed by atoms with Crippen LogP contribution >= 0.6 is 24.0 Å². The molecule has 0 unspecified atom stereocenters. The van der Waals surface area contributed by atoms with Crippen LogP contribution in [0.2, 0.25) is 0 Å². The fourth-order valence-electron chi connectivity index (χ4n) is 2.64. The first-order chi connectivity index (χ1) is 10.3. The summed E-state index contributed by atoms with van der Waals surface area (Å²) in [6.07, 6.45) is 8.46. The van der Waals surface area contributed by atoms with E-state index in [-0.39, 0.29) is 24.0 Å². The molecule has 0 spiro atoms. The number of nitrogens with zero attached hydrogens (tertiary/aromatic N) is 4. The highest BCUT2D eigenvalue weighted by Crippen LogP contribution is 2.14. The lowest BCUT2D eigenvalue weighted by Gasteiger charge is -2.12. The fourth-order valence-corrected chi connectivity index (χ4v) is 2.64. The molecule has 1 aliphatic rings. The van der Waals surface area contributed by atoms with Gasteiger partial charge in [0.05, 0.1) is 6.54 Å². The van der Waals surface area contributed by atoms with Crippen molar-refractivity contribution >= 4 is 29.9 Å². The van der Waals surface area contributed by atoms with Crippen LogP contribution in [-0.4, -0.2) is 34.3 Å². The van der Waals surface area contributed by atoms with Crippen LogP contribution in [0.5, 0.6) is 0 Å². The van der Waals surface area contributed by atoms with Crippen LogP contribution in [0.1, 0.15) is 57.1 Å². The number of unbranched alkanes of at least 4 members (excludes halogenated alkanes) is 2. The van der Waals surface area contributed by atoms with Crippen LogP contribution in [-0.2, 0) is 19.5 Å². The maximum atomic E-state index is 4.32. The lowest BCUT2D eigenvalue weighted by Crippen LogP contribution is -2.37. The van der Waals surface area contributed by atoms with Crippen molar-refractivity contribution in [3.05, 3.63) is 11.6 Å². The van der Waals surface area contributed by atoms with E-state index in [1.54, 1.807) is 7.05 Å². The third kappa shape index (κ3) is 5.73. The number of aliphatic imine (C=N–C) groups is 1. The van der Waals surface area contributed by atoms with Crippen molar-refractivity contribution in [1.29, 1.82) is 0 Å². The van der Waals surface area contributed by atoms with Gasteiger partial charge in [0.2, 0.25) is 0 Å². The van der Waals surface area contributed by atoms with Gasteiger partial charge in [-0.2, -0.15) is 0 Å².